The molecule has 0 spiro atoms. The molecular formula is C10H16N4O3S. The van der Waals surface area contributed by atoms with Gasteiger partial charge in [0.1, 0.15) is 0 Å². The number of aromatic nitrogens is 2. The fourth-order valence-electron chi connectivity index (χ4n) is 2.13. The van der Waals surface area contributed by atoms with Gasteiger partial charge in [0.25, 0.3) is 5.91 Å². The largest absolute Gasteiger partial charge is 0.337 e. The van der Waals surface area contributed by atoms with E-state index in [2.05, 4.69) is 10.2 Å². The number of nitrogens with one attached hydrogen (secondary N) is 1. The molecule has 0 saturated carbocycles. The first kappa shape index (κ1) is 13.0. The number of carbonyl (C=O) groups is 1. The molecule has 3 N–H and O–H groups in total. The number of hydrogen-bond donors (Lipinski definition) is 2. The Morgan fingerprint density at radius 1 is 1.61 bits per heavy atom. The topological polar surface area (TPSA) is 109 Å². The first-order chi connectivity index (χ1) is 8.39. The predicted molar refractivity (Wildman–Crippen MR) is 65.4 cm³/mol. The maximum Gasteiger partial charge on any atom is 0.257 e. The lowest BCUT2D eigenvalue weighted by molar-refractivity contribution is 0.0726. The second kappa shape index (κ2) is 4.69. The highest BCUT2D eigenvalue weighted by Crippen LogP contribution is 2.18. The van der Waals surface area contributed by atoms with Gasteiger partial charge >= 0.3 is 0 Å². The number of hydrogen-bond acceptors (Lipinski definition) is 4. The molecule has 1 aromatic heterocycles. The van der Waals surface area contributed by atoms with E-state index in [4.69, 9.17) is 5.14 Å². The SMILES string of the molecule is Cc1[nH]ncc1C(=O)N1CCCC(S(N)(=O)=O)C1. The Hall–Kier alpha value is -1.41. The lowest BCUT2D eigenvalue weighted by atomic mass is 10.1. The first-order valence-electron chi connectivity index (χ1n) is 5.70. The van der Waals surface area contributed by atoms with Crippen LogP contribution in [0, 0.1) is 6.92 Å². The number of aryl methyl sites for hydroxylation is 1. The van der Waals surface area contributed by atoms with E-state index >= 15 is 0 Å². The summed E-state index contributed by atoms with van der Waals surface area (Å²) in [7, 11) is -3.59. The molecule has 2 heterocycles. The summed E-state index contributed by atoms with van der Waals surface area (Å²) in [6.45, 7) is 2.46. The number of carbonyl (C=O) groups excluding carboxylic acids is 1. The summed E-state index contributed by atoms with van der Waals surface area (Å²) < 4.78 is 22.7. The van der Waals surface area contributed by atoms with E-state index < -0.39 is 15.3 Å². The number of rotatable bonds is 2. The Kier molecular flexibility index (Phi) is 3.40. The molecule has 7 nitrogen and oxygen atoms in total. The van der Waals surface area contributed by atoms with Crippen LogP contribution in [0.25, 0.3) is 0 Å². The zero-order chi connectivity index (χ0) is 13.3. The summed E-state index contributed by atoms with van der Waals surface area (Å²) in [5.74, 6) is -0.199. The summed E-state index contributed by atoms with van der Waals surface area (Å²) in [6, 6.07) is 0. The normalized spacial score (nSPS) is 21.0. The van der Waals surface area contributed by atoms with E-state index in [1.165, 1.54) is 11.1 Å². The molecule has 1 aliphatic rings. The maximum atomic E-state index is 12.2. The van der Waals surface area contributed by atoms with Crippen molar-refractivity contribution < 1.29 is 13.2 Å². The molecule has 1 saturated heterocycles. The lowest BCUT2D eigenvalue weighted by Crippen LogP contribution is -2.47. The zero-order valence-electron chi connectivity index (χ0n) is 10.1. The van der Waals surface area contributed by atoms with Crippen molar-refractivity contribution in [3.05, 3.63) is 17.5 Å². The Balaban J connectivity index is 2.15. The quantitative estimate of drug-likeness (QED) is 0.764. The average molecular weight is 272 g/mol. The van der Waals surface area contributed by atoms with Gasteiger partial charge in [0.15, 0.2) is 0 Å². The molecule has 1 aromatic rings. The molecule has 1 unspecified atom stereocenters. The van der Waals surface area contributed by atoms with Crippen LogP contribution < -0.4 is 5.14 Å². The molecule has 1 aliphatic heterocycles. The molecule has 1 fully saturated rings. The van der Waals surface area contributed by atoms with Gasteiger partial charge in [-0.2, -0.15) is 5.10 Å². The summed E-state index contributed by atoms with van der Waals surface area (Å²) >= 11 is 0. The van der Waals surface area contributed by atoms with Crippen LogP contribution >= 0.6 is 0 Å². The highest BCUT2D eigenvalue weighted by atomic mass is 32.2. The van der Waals surface area contributed by atoms with E-state index in [1.807, 2.05) is 0 Å². The van der Waals surface area contributed by atoms with Gasteiger partial charge in [0.2, 0.25) is 10.0 Å². The first-order valence-corrected chi connectivity index (χ1v) is 7.31. The monoisotopic (exact) mass is 272 g/mol. The molecule has 18 heavy (non-hydrogen) atoms. The number of likely N-dealkylation sites (tertiary alicyclic amines) is 1. The number of primary sulfonamides is 1. The molecule has 1 amide bonds. The van der Waals surface area contributed by atoms with Crippen molar-refractivity contribution in [2.75, 3.05) is 13.1 Å². The second-order valence-corrected chi connectivity index (χ2v) is 6.36. The van der Waals surface area contributed by atoms with E-state index in [0.29, 0.717) is 30.6 Å². The number of piperidine rings is 1. The molecule has 100 valence electrons. The third kappa shape index (κ3) is 2.54. The maximum absolute atomic E-state index is 12.2. The second-order valence-electron chi connectivity index (χ2n) is 4.51. The van der Waals surface area contributed by atoms with Gasteiger partial charge in [-0.15, -0.1) is 0 Å². The Bertz CT molecular complexity index is 551. The van der Waals surface area contributed by atoms with Gasteiger partial charge in [-0.25, -0.2) is 13.6 Å². The number of H-pyrrole nitrogens is 1. The number of sulfonamides is 1. The molecule has 8 heteroatoms. The summed E-state index contributed by atoms with van der Waals surface area (Å²) in [5, 5.41) is 11.0. The number of nitrogens with two attached hydrogens (primary N) is 1. The molecule has 0 aromatic carbocycles. The average Bonchev–Trinajstić information content (AvgIpc) is 2.73. The van der Waals surface area contributed by atoms with Crippen molar-refractivity contribution in [3.8, 4) is 0 Å². The fraction of sp³-hybridized carbons (Fsp3) is 0.600. The molecule has 2 rings (SSSR count). The predicted octanol–water partition coefficient (Wildman–Crippen LogP) is -0.389. The van der Waals surface area contributed by atoms with Gasteiger partial charge in [-0.1, -0.05) is 0 Å². The fourth-order valence-corrected chi connectivity index (χ4v) is 3.01. The highest BCUT2D eigenvalue weighted by Gasteiger charge is 2.31. The van der Waals surface area contributed by atoms with E-state index in [9.17, 15) is 13.2 Å². The molecular weight excluding hydrogens is 256 g/mol. The summed E-state index contributed by atoms with van der Waals surface area (Å²) in [6.07, 6.45) is 2.61. The van der Waals surface area contributed by atoms with E-state index in [1.54, 1.807) is 6.92 Å². The van der Waals surface area contributed by atoms with Crippen LogP contribution in [-0.4, -0.2) is 47.8 Å². The molecule has 0 aliphatic carbocycles. The van der Waals surface area contributed by atoms with Gasteiger partial charge in [0.05, 0.1) is 17.0 Å². The van der Waals surface area contributed by atoms with E-state index in [-0.39, 0.29) is 12.5 Å². The van der Waals surface area contributed by atoms with Crippen LogP contribution in [0.3, 0.4) is 0 Å². The Morgan fingerprint density at radius 2 is 2.33 bits per heavy atom. The zero-order valence-corrected chi connectivity index (χ0v) is 10.9. The van der Waals surface area contributed by atoms with Crippen molar-refractivity contribution in [2.45, 2.75) is 25.0 Å². The highest BCUT2D eigenvalue weighted by molar-refractivity contribution is 7.89. The third-order valence-corrected chi connectivity index (χ3v) is 4.50. The minimum atomic E-state index is -3.59. The van der Waals surface area contributed by atoms with Crippen LogP contribution in [-0.2, 0) is 10.0 Å². The third-order valence-electron chi connectivity index (χ3n) is 3.19. The van der Waals surface area contributed by atoms with Gasteiger partial charge in [-0.3, -0.25) is 9.89 Å². The standard InChI is InChI=1S/C10H16N4O3S/c1-7-9(5-12-13-7)10(15)14-4-2-3-8(6-14)18(11,16)17/h5,8H,2-4,6H2,1H3,(H,12,13)(H2,11,16,17). The van der Waals surface area contributed by atoms with Crippen molar-refractivity contribution in [1.82, 2.24) is 15.1 Å². The summed E-state index contributed by atoms with van der Waals surface area (Å²) in [5.41, 5.74) is 1.16. The number of amides is 1. The smallest absolute Gasteiger partial charge is 0.257 e. The van der Waals surface area contributed by atoms with Crippen LogP contribution in [0.1, 0.15) is 28.9 Å². The van der Waals surface area contributed by atoms with Crippen LogP contribution in [0.5, 0.6) is 0 Å². The van der Waals surface area contributed by atoms with Crippen LogP contribution in [0.2, 0.25) is 0 Å². The Labute approximate surface area is 105 Å². The van der Waals surface area contributed by atoms with Crippen molar-refractivity contribution in [2.24, 2.45) is 5.14 Å². The van der Waals surface area contributed by atoms with Gasteiger partial charge in [0, 0.05) is 18.8 Å². The van der Waals surface area contributed by atoms with Crippen molar-refractivity contribution >= 4 is 15.9 Å². The number of nitrogens with zero attached hydrogens (tertiary/aromatic N) is 2. The minimum Gasteiger partial charge on any atom is -0.337 e. The minimum absolute atomic E-state index is 0.155. The van der Waals surface area contributed by atoms with Crippen LogP contribution in [0.4, 0.5) is 0 Å². The van der Waals surface area contributed by atoms with Gasteiger partial charge in [-0.05, 0) is 19.8 Å². The molecule has 0 radical (unpaired) electrons. The van der Waals surface area contributed by atoms with Gasteiger partial charge < -0.3 is 4.90 Å². The van der Waals surface area contributed by atoms with Crippen LogP contribution in [0.15, 0.2) is 6.20 Å². The van der Waals surface area contributed by atoms with Crippen molar-refractivity contribution in [3.63, 3.8) is 0 Å². The Morgan fingerprint density at radius 3 is 2.89 bits per heavy atom. The lowest BCUT2D eigenvalue weighted by Gasteiger charge is -2.31. The molecule has 0 bridgehead atoms. The van der Waals surface area contributed by atoms with E-state index in [0.717, 1.165) is 0 Å². The number of aromatic amines is 1. The van der Waals surface area contributed by atoms with Crippen molar-refractivity contribution in [1.29, 1.82) is 0 Å². The summed E-state index contributed by atoms with van der Waals surface area (Å²) in [4.78, 5) is 13.7. The molecule has 1 atom stereocenters.